The number of hydrogen-bond acceptors (Lipinski definition) is 2. The smallest absolute Gasteiger partial charge is 0.306 e. The summed E-state index contributed by atoms with van der Waals surface area (Å²) in [6.07, 6.45) is 19.5. The number of hydrogen-bond donors (Lipinski definition) is 0. The van der Waals surface area contributed by atoms with Crippen LogP contribution in [0, 0.1) is 46.3 Å². The van der Waals surface area contributed by atoms with Crippen molar-refractivity contribution < 1.29 is 9.53 Å². The number of fused-ring (bicyclic) bond motifs is 5. The molecule has 4 aliphatic rings. The monoisotopic (exact) mass is 482 g/mol. The number of ether oxygens (including phenoxy) is 1. The van der Waals surface area contributed by atoms with Crippen molar-refractivity contribution in [2.45, 2.75) is 132 Å². The number of rotatable bonds is 9. The highest BCUT2D eigenvalue weighted by Gasteiger charge is 2.57. The van der Waals surface area contributed by atoms with Crippen LogP contribution in [0.1, 0.15) is 126 Å². The average molecular weight is 483 g/mol. The molecule has 4 rings (SSSR count). The van der Waals surface area contributed by atoms with Gasteiger partial charge in [0.15, 0.2) is 0 Å². The predicted octanol–water partition coefficient (Wildman–Crippen LogP) is 9.30. The quantitative estimate of drug-likeness (QED) is 0.306. The third kappa shape index (κ3) is 5.47. The van der Waals surface area contributed by atoms with Gasteiger partial charge in [-0.25, -0.2) is 0 Å². The van der Waals surface area contributed by atoms with Gasteiger partial charge in [-0.1, -0.05) is 91.0 Å². The van der Waals surface area contributed by atoms with Gasteiger partial charge < -0.3 is 4.74 Å². The maximum absolute atomic E-state index is 12.4. The van der Waals surface area contributed by atoms with Crippen LogP contribution < -0.4 is 0 Å². The fourth-order valence-electron chi connectivity index (χ4n) is 8.75. The number of allylic oxidation sites excluding steroid dienone is 3. The molecule has 0 spiro atoms. The first-order valence-corrected chi connectivity index (χ1v) is 15.1. The molecule has 0 aromatic carbocycles. The maximum atomic E-state index is 12.4. The third-order valence-electron chi connectivity index (χ3n) is 11.0. The Morgan fingerprint density at radius 3 is 2.37 bits per heavy atom. The number of carbonyl (C=O) groups excluding carboxylic acids is 1. The molecule has 7 atom stereocenters. The van der Waals surface area contributed by atoms with E-state index in [0.29, 0.717) is 23.7 Å². The Labute approximate surface area is 216 Å². The molecule has 0 heterocycles. The van der Waals surface area contributed by atoms with Gasteiger partial charge in [-0.05, 0) is 91.3 Å². The molecule has 0 aromatic rings. The van der Waals surface area contributed by atoms with Crippen molar-refractivity contribution >= 4 is 5.97 Å². The van der Waals surface area contributed by atoms with Gasteiger partial charge >= 0.3 is 5.97 Å². The molecule has 7 unspecified atom stereocenters. The molecule has 2 heteroatoms. The van der Waals surface area contributed by atoms with Gasteiger partial charge in [0.25, 0.3) is 0 Å². The highest BCUT2D eigenvalue weighted by Crippen LogP contribution is 2.66. The minimum atomic E-state index is 0.00730. The Morgan fingerprint density at radius 2 is 1.66 bits per heavy atom. The molecule has 0 bridgehead atoms. The molecular weight excluding hydrogens is 428 g/mol. The van der Waals surface area contributed by atoms with Gasteiger partial charge in [0, 0.05) is 12.8 Å². The molecule has 35 heavy (non-hydrogen) atoms. The van der Waals surface area contributed by atoms with E-state index in [0.717, 1.165) is 42.9 Å². The lowest BCUT2D eigenvalue weighted by atomic mass is 9.50. The van der Waals surface area contributed by atoms with Crippen LogP contribution in [0.5, 0.6) is 0 Å². The van der Waals surface area contributed by atoms with E-state index in [2.05, 4.69) is 60.6 Å². The zero-order chi connectivity index (χ0) is 25.4. The molecule has 3 saturated carbocycles. The van der Waals surface area contributed by atoms with Crippen molar-refractivity contribution in [1.82, 2.24) is 0 Å². The molecule has 2 nitrogen and oxygen atoms in total. The summed E-state index contributed by atoms with van der Waals surface area (Å²) in [5.74, 6) is 4.61. The summed E-state index contributed by atoms with van der Waals surface area (Å²) in [7, 11) is 0. The molecule has 0 saturated heterocycles. The van der Waals surface area contributed by atoms with Gasteiger partial charge in [-0.2, -0.15) is 0 Å². The van der Waals surface area contributed by atoms with E-state index in [1.807, 2.05) is 0 Å². The SMILES string of the molecule is CC(C)CCCC(C)C1CCC2C3=CC=C4CC(OC(=O)CCC(C)C)CCC4(C)C3CCC21C. The first kappa shape index (κ1) is 27.0. The predicted molar refractivity (Wildman–Crippen MR) is 147 cm³/mol. The summed E-state index contributed by atoms with van der Waals surface area (Å²) >= 11 is 0. The van der Waals surface area contributed by atoms with Crippen molar-refractivity contribution in [2.24, 2.45) is 46.3 Å². The molecular formula is C33H54O2. The van der Waals surface area contributed by atoms with Crippen molar-refractivity contribution in [3.63, 3.8) is 0 Å². The van der Waals surface area contributed by atoms with E-state index in [-0.39, 0.29) is 17.5 Å². The van der Waals surface area contributed by atoms with Crippen LogP contribution in [0.25, 0.3) is 0 Å². The summed E-state index contributed by atoms with van der Waals surface area (Å²) in [6.45, 7) is 16.8. The number of esters is 1. The summed E-state index contributed by atoms with van der Waals surface area (Å²) in [4.78, 5) is 12.4. The van der Waals surface area contributed by atoms with E-state index in [1.54, 1.807) is 11.1 Å². The summed E-state index contributed by atoms with van der Waals surface area (Å²) < 4.78 is 5.94. The Hall–Kier alpha value is -1.05. The fraction of sp³-hybridized carbons (Fsp3) is 0.848. The summed E-state index contributed by atoms with van der Waals surface area (Å²) in [6, 6.07) is 0. The zero-order valence-corrected chi connectivity index (χ0v) is 24.0. The van der Waals surface area contributed by atoms with E-state index in [1.165, 1.54) is 51.4 Å². The molecule has 0 aliphatic heterocycles. The second kappa shape index (κ2) is 10.7. The van der Waals surface area contributed by atoms with E-state index in [4.69, 9.17) is 4.74 Å². The van der Waals surface area contributed by atoms with Gasteiger partial charge in [0.1, 0.15) is 6.10 Å². The van der Waals surface area contributed by atoms with Crippen LogP contribution in [0.3, 0.4) is 0 Å². The van der Waals surface area contributed by atoms with Crippen molar-refractivity contribution in [2.75, 3.05) is 0 Å². The average Bonchev–Trinajstić information content (AvgIpc) is 3.15. The Morgan fingerprint density at radius 1 is 0.914 bits per heavy atom. The van der Waals surface area contributed by atoms with Gasteiger partial charge in [-0.3, -0.25) is 4.79 Å². The molecule has 3 fully saturated rings. The Kier molecular flexibility index (Phi) is 8.29. The molecule has 0 aromatic heterocycles. The van der Waals surface area contributed by atoms with Crippen molar-refractivity contribution in [3.05, 3.63) is 23.3 Å². The summed E-state index contributed by atoms with van der Waals surface area (Å²) in [5.41, 5.74) is 4.10. The topological polar surface area (TPSA) is 26.3 Å². The van der Waals surface area contributed by atoms with Crippen LogP contribution >= 0.6 is 0 Å². The molecule has 4 aliphatic carbocycles. The third-order valence-corrected chi connectivity index (χ3v) is 11.0. The van der Waals surface area contributed by atoms with Crippen LogP contribution in [0.2, 0.25) is 0 Å². The normalized spacial score (nSPS) is 37.3. The van der Waals surface area contributed by atoms with Crippen LogP contribution in [-0.4, -0.2) is 12.1 Å². The zero-order valence-electron chi connectivity index (χ0n) is 24.0. The lowest BCUT2D eigenvalue weighted by Gasteiger charge is -2.55. The standard InChI is InChI=1S/C33H54O2/c1-22(2)9-8-10-24(5)28-14-15-29-27-13-12-25-21-26(35-31(34)16-11-23(3)4)17-19-32(25,6)30(27)18-20-33(28,29)7/h12-13,22-24,26,28-30H,8-11,14-21H2,1-7H3. The van der Waals surface area contributed by atoms with Gasteiger partial charge in [-0.15, -0.1) is 0 Å². The lowest BCUT2D eigenvalue weighted by Crippen LogP contribution is -2.46. The molecule has 198 valence electrons. The van der Waals surface area contributed by atoms with E-state index in [9.17, 15) is 4.79 Å². The minimum absolute atomic E-state index is 0.00730. The van der Waals surface area contributed by atoms with Crippen LogP contribution in [0.15, 0.2) is 23.3 Å². The largest absolute Gasteiger partial charge is 0.462 e. The maximum Gasteiger partial charge on any atom is 0.306 e. The van der Waals surface area contributed by atoms with Crippen LogP contribution in [-0.2, 0) is 9.53 Å². The van der Waals surface area contributed by atoms with E-state index < -0.39 is 0 Å². The second-order valence-corrected chi connectivity index (χ2v) is 14.2. The van der Waals surface area contributed by atoms with Gasteiger partial charge in [0.2, 0.25) is 0 Å². The molecule has 0 N–H and O–H groups in total. The van der Waals surface area contributed by atoms with Crippen molar-refractivity contribution in [1.29, 1.82) is 0 Å². The number of carbonyl (C=O) groups is 1. The first-order valence-electron chi connectivity index (χ1n) is 15.1. The van der Waals surface area contributed by atoms with E-state index >= 15 is 0 Å². The highest BCUT2D eigenvalue weighted by atomic mass is 16.5. The summed E-state index contributed by atoms with van der Waals surface area (Å²) in [5, 5.41) is 0. The fourth-order valence-corrected chi connectivity index (χ4v) is 8.75. The highest BCUT2D eigenvalue weighted by molar-refractivity contribution is 5.69. The van der Waals surface area contributed by atoms with Crippen LogP contribution in [0.4, 0.5) is 0 Å². The molecule has 0 radical (unpaired) electrons. The molecule has 0 amide bonds. The van der Waals surface area contributed by atoms with Gasteiger partial charge in [0.05, 0.1) is 0 Å². The first-order chi connectivity index (χ1) is 16.5. The second-order valence-electron chi connectivity index (χ2n) is 14.2. The Balaban J connectivity index is 1.44. The minimum Gasteiger partial charge on any atom is -0.462 e. The lowest BCUT2D eigenvalue weighted by molar-refractivity contribution is -0.151. The Bertz CT molecular complexity index is 819. The van der Waals surface area contributed by atoms with Crippen molar-refractivity contribution in [3.8, 4) is 0 Å².